The van der Waals surface area contributed by atoms with Crippen LogP contribution >= 0.6 is 0 Å². The van der Waals surface area contributed by atoms with Crippen LogP contribution in [0.4, 0.5) is 8.78 Å². The molecule has 92 valence electrons. The first-order valence-corrected chi connectivity index (χ1v) is 5.68. The molecule has 2 atom stereocenters. The fraction of sp³-hybridized carbons (Fsp3) is 0.750. The highest BCUT2D eigenvalue weighted by Crippen LogP contribution is 2.58. The minimum atomic E-state index is -2.63. The van der Waals surface area contributed by atoms with Crippen molar-refractivity contribution >= 4 is 5.97 Å². The SMILES string of the molecule is CCCCCC1[C@@H](/C=C/C(=O)OC)C1(F)F. The average Bonchev–Trinajstić information content (AvgIpc) is 2.77. The van der Waals surface area contributed by atoms with Gasteiger partial charge in [0.15, 0.2) is 0 Å². The number of ether oxygens (including phenoxy) is 1. The Morgan fingerprint density at radius 1 is 1.44 bits per heavy atom. The summed E-state index contributed by atoms with van der Waals surface area (Å²) in [6.07, 6.45) is 5.76. The number of rotatable bonds is 6. The highest BCUT2D eigenvalue weighted by molar-refractivity contribution is 5.81. The zero-order valence-electron chi connectivity index (χ0n) is 9.71. The van der Waals surface area contributed by atoms with Crippen LogP contribution in [-0.2, 0) is 9.53 Å². The van der Waals surface area contributed by atoms with Gasteiger partial charge in [0.05, 0.1) is 13.0 Å². The molecule has 1 rings (SSSR count). The molecule has 1 saturated carbocycles. The molecule has 1 unspecified atom stereocenters. The summed E-state index contributed by atoms with van der Waals surface area (Å²) in [7, 11) is 1.23. The Bertz CT molecular complexity index is 274. The van der Waals surface area contributed by atoms with E-state index in [1.807, 2.05) is 6.92 Å². The monoisotopic (exact) mass is 232 g/mol. The zero-order valence-corrected chi connectivity index (χ0v) is 9.71. The summed E-state index contributed by atoms with van der Waals surface area (Å²) in [5, 5.41) is 0. The topological polar surface area (TPSA) is 26.3 Å². The van der Waals surface area contributed by atoms with E-state index in [9.17, 15) is 13.6 Å². The van der Waals surface area contributed by atoms with Gasteiger partial charge in [0.25, 0.3) is 5.92 Å². The maximum Gasteiger partial charge on any atom is 0.330 e. The van der Waals surface area contributed by atoms with Gasteiger partial charge in [-0.25, -0.2) is 13.6 Å². The number of esters is 1. The predicted molar refractivity (Wildman–Crippen MR) is 57.2 cm³/mol. The molecule has 0 aromatic rings. The van der Waals surface area contributed by atoms with E-state index in [2.05, 4.69) is 4.74 Å². The summed E-state index contributed by atoms with van der Waals surface area (Å²) in [5.41, 5.74) is 0. The quantitative estimate of drug-likeness (QED) is 0.399. The van der Waals surface area contributed by atoms with Gasteiger partial charge in [-0.05, 0) is 6.42 Å². The summed E-state index contributed by atoms with van der Waals surface area (Å²) in [5.74, 6) is -4.56. The lowest BCUT2D eigenvalue weighted by Crippen LogP contribution is -1.96. The van der Waals surface area contributed by atoms with Crippen molar-refractivity contribution in [2.24, 2.45) is 11.8 Å². The van der Waals surface area contributed by atoms with E-state index in [0.717, 1.165) is 25.3 Å². The predicted octanol–water partition coefficient (Wildman–Crippen LogP) is 3.18. The normalized spacial score (nSPS) is 27.0. The van der Waals surface area contributed by atoms with Crippen molar-refractivity contribution in [1.82, 2.24) is 0 Å². The maximum atomic E-state index is 13.2. The van der Waals surface area contributed by atoms with E-state index in [1.54, 1.807) is 0 Å². The maximum absolute atomic E-state index is 13.2. The standard InChI is InChI=1S/C12H18F2O2/c1-3-4-5-6-9-10(12(9,13)14)7-8-11(15)16-2/h7-10H,3-6H2,1-2H3/b8-7+/t9?,10-/m1/s1. The van der Waals surface area contributed by atoms with Crippen molar-refractivity contribution in [3.05, 3.63) is 12.2 Å². The second-order valence-corrected chi connectivity index (χ2v) is 4.18. The molecule has 0 radical (unpaired) electrons. The lowest BCUT2D eigenvalue weighted by atomic mass is 10.1. The van der Waals surface area contributed by atoms with Crippen molar-refractivity contribution in [2.45, 2.75) is 38.5 Å². The van der Waals surface area contributed by atoms with Crippen LogP contribution < -0.4 is 0 Å². The van der Waals surface area contributed by atoms with Crippen molar-refractivity contribution in [3.63, 3.8) is 0 Å². The summed E-state index contributed by atoms with van der Waals surface area (Å²) in [4.78, 5) is 10.8. The van der Waals surface area contributed by atoms with E-state index < -0.39 is 23.7 Å². The van der Waals surface area contributed by atoms with Gasteiger partial charge in [-0.1, -0.05) is 32.3 Å². The number of halogens is 2. The molecule has 2 nitrogen and oxygen atoms in total. The second kappa shape index (κ2) is 5.41. The first-order valence-electron chi connectivity index (χ1n) is 5.68. The van der Waals surface area contributed by atoms with Crippen molar-refractivity contribution in [1.29, 1.82) is 0 Å². The van der Waals surface area contributed by atoms with Crippen LogP contribution in [0.2, 0.25) is 0 Å². The Hall–Kier alpha value is -0.930. The van der Waals surface area contributed by atoms with E-state index >= 15 is 0 Å². The first-order chi connectivity index (χ1) is 7.54. The molecule has 0 aromatic carbocycles. The molecule has 0 aliphatic heterocycles. The van der Waals surface area contributed by atoms with Crippen LogP contribution in [-0.4, -0.2) is 19.0 Å². The van der Waals surface area contributed by atoms with Crippen LogP contribution in [0.3, 0.4) is 0 Å². The van der Waals surface area contributed by atoms with Crippen LogP contribution in [0.1, 0.15) is 32.6 Å². The molecule has 0 N–H and O–H groups in total. The number of unbranched alkanes of at least 4 members (excludes halogenated alkanes) is 2. The van der Waals surface area contributed by atoms with Crippen molar-refractivity contribution in [2.75, 3.05) is 7.11 Å². The molecule has 0 saturated heterocycles. The Balaban J connectivity index is 2.38. The van der Waals surface area contributed by atoms with Gasteiger partial charge in [-0.15, -0.1) is 0 Å². The second-order valence-electron chi connectivity index (χ2n) is 4.18. The van der Waals surface area contributed by atoms with Crippen LogP contribution in [0.5, 0.6) is 0 Å². The van der Waals surface area contributed by atoms with Gasteiger partial charge in [0.1, 0.15) is 0 Å². The fourth-order valence-electron chi connectivity index (χ4n) is 1.92. The molecule has 16 heavy (non-hydrogen) atoms. The third-order valence-corrected chi connectivity index (χ3v) is 3.02. The molecule has 0 heterocycles. The van der Waals surface area contributed by atoms with Gasteiger partial charge in [-0.3, -0.25) is 0 Å². The summed E-state index contributed by atoms with van der Waals surface area (Å²) in [6.45, 7) is 2.04. The third-order valence-electron chi connectivity index (χ3n) is 3.02. The Kier molecular flexibility index (Phi) is 4.44. The van der Waals surface area contributed by atoms with Gasteiger partial charge >= 0.3 is 5.97 Å². The minimum Gasteiger partial charge on any atom is -0.466 e. The average molecular weight is 232 g/mol. The molecular formula is C12H18F2O2. The minimum absolute atomic E-state index is 0.539. The summed E-state index contributed by atoms with van der Waals surface area (Å²) >= 11 is 0. The van der Waals surface area contributed by atoms with Crippen LogP contribution in [0, 0.1) is 11.8 Å². The molecule has 0 spiro atoms. The van der Waals surface area contributed by atoms with E-state index in [4.69, 9.17) is 0 Å². The van der Waals surface area contributed by atoms with Gasteiger partial charge in [0.2, 0.25) is 0 Å². The Labute approximate surface area is 94.7 Å². The molecule has 1 aliphatic rings. The summed E-state index contributed by atoms with van der Waals surface area (Å²) in [6, 6.07) is 0. The third kappa shape index (κ3) is 3.03. The zero-order chi connectivity index (χ0) is 12.2. The van der Waals surface area contributed by atoms with E-state index in [1.165, 1.54) is 13.2 Å². The highest BCUT2D eigenvalue weighted by atomic mass is 19.3. The van der Waals surface area contributed by atoms with Crippen molar-refractivity contribution < 1.29 is 18.3 Å². The Morgan fingerprint density at radius 2 is 2.12 bits per heavy atom. The largest absolute Gasteiger partial charge is 0.466 e. The number of carbonyl (C=O) groups is 1. The molecule has 1 aliphatic carbocycles. The molecule has 0 aromatic heterocycles. The smallest absolute Gasteiger partial charge is 0.330 e. The van der Waals surface area contributed by atoms with Crippen molar-refractivity contribution in [3.8, 4) is 0 Å². The number of carbonyl (C=O) groups excluding carboxylic acids is 1. The first kappa shape index (κ1) is 13.1. The summed E-state index contributed by atoms with van der Waals surface area (Å²) < 4.78 is 30.8. The van der Waals surface area contributed by atoms with Crippen LogP contribution in [0.25, 0.3) is 0 Å². The fourth-order valence-corrected chi connectivity index (χ4v) is 1.92. The van der Waals surface area contributed by atoms with E-state index in [-0.39, 0.29) is 0 Å². The molecule has 0 bridgehead atoms. The molecular weight excluding hydrogens is 214 g/mol. The van der Waals surface area contributed by atoms with E-state index in [0.29, 0.717) is 6.42 Å². The molecule has 4 heteroatoms. The lowest BCUT2D eigenvalue weighted by molar-refractivity contribution is -0.134. The number of hydrogen-bond acceptors (Lipinski definition) is 2. The lowest BCUT2D eigenvalue weighted by Gasteiger charge is -1.95. The Morgan fingerprint density at radius 3 is 2.69 bits per heavy atom. The number of allylic oxidation sites excluding steroid dienone is 1. The molecule has 0 amide bonds. The van der Waals surface area contributed by atoms with Gasteiger partial charge < -0.3 is 4.74 Å². The number of methoxy groups -OCH3 is 1. The number of alkyl halides is 2. The highest BCUT2D eigenvalue weighted by Gasteiger charge is 2.65. The number of hydrogen-bond donors (Lipinski definition) is 0. The van der Waals surface area contributed by atoms with Gasteiger partial charge in [0, 0.05) is 12.0 Å². The van der Waals surface area contributed by atoms with Gasteiger partial charge in [-0.2, -0.15) is 0 Å². The molecule has 1 fully saturated rings. The van der Waals surface area contributed by atoms with Crippen LogP contribution in [0.15, 0.2) is 12.2 Å².